The van der Waals surface area contributed by atoms with Crippen molar-refractivity contribution in [3.05, 3.63) is 81.5 Å². The van der Waals surface area contributed by atoms with Gasteiger partial charge in [0.2, 0.25) is 0 Å². The van der Waals surface area contributed by atoms with Crippen LogP contribution in [0.15, 0.2) is 60.7 Å². The first-order chi connectivity index (χ1) is 18.4. The van der Waals surface area contributed by atoms with Crippen LogP contribution in [0.5, 0.6) is 11.5 Å². The molecule has 2 aromatic heterocycles. The van der Waals surface area contributed by atoms with Gasteiger partial charge in [0.15, 0.2) is 6.67 Å². The van der Waals surface area contributed by atoms with Crippen molar-refractivity contribution < 1.29 is 35.8 Å². The molecule has 0 amide bonds. The van der Waals surface area contributed by atoms with Gasteiger partial charge in [-0.15, -0.1) is 22.7 Å². The number of halogens is 6. The standard InChI is InChI=1S/C29H24F6O2S2/c1-16-22(13-24(38-16)18-5-9-20(36-3)10-6-18)26(28(31,32)15-30)27(29(33,34)35)23-14-25(39-17(23)2)19-7-11-21(37-4)12-8-19/h5-14H,15H2,1-4H3/b27-26-. The highest BCUT2D eigenvalue weighted by molar-refractivity contribution is 7.16. The second kappa shape index (κ2) is 11.1. The van der Waals surface area contributed by atoms with Crippen LogP contribution in [0.2, 0.25) is 0 Å². The van der Waals surface area contributed by atoms with Crippen LogP contribution in [0.4, 0.5) is 26.3 Å². The van der Waals surface area contributed by atoms with Crippen LogP contribution < -0.4 is 9.47 Å². The van der Waals surface area contributed by atoms with Crippen molar-refractivity contribution in [2.75, 3.05) is 20.9 Å². The van der Waals surface area contributed by atoms with Gasteiger partial charge in [-0.25, -0.2) is 4.39 Å². The molecule has 4 rings (SSSR count). The molecule has 10 heteroatoms. The van der Waals surface area contributed by atoms with E-state index >= 15 is 8.78 Å². The number of allylic oxidation sites excluding steroid dienone is 2. The minimum Gasteiger partial charge on any atom is -0.497 e. The maximum Gasteiger partial charge on any atom is 0.417 e. The Kier molecular flexibility index (Phi) is 8.18. The van der Waals surface area contributed by atoms with Crippen LogP contribution in [0, 0.1) is 13.8 Å². The molecule has 0 saturated carbocycles. The highest BCUT2D eigenvalue weighted by atomic mass is 32.1. The molecule has 0 saturated heterocycles. The van der Waals surface area contributed by atoms with E-state index in [0.29, 0.717) is 32.4 Å². The zero-order chi connectivity index (χ0) is 28.5. The lowest BCUT2D eigenvalue weighted by Crippen LogP contribution is -2.26. The van der Waals surface area contributed by atoms with Gasteiger partial charge in [0, 0.05) is 30.6 Å². The zero-order valence-electron chi connectivity index (χ0n) is 21.4. The number of hydrogen-bond acceptors (Lipinski definition) is 4. The Morgan fingerprint density at radius 3 is 1.38 bits per heavy atom. The Hall–Kier alpha value is -3.24. The topological polar surface area (TPSA) is 18.5 Å². The predicted octanol–water partition coefficient (Wildman–Crippen LogP) is 9.86. The maximum atomic E-state index is 15.2. The van der Waals surface area contributed by atoms with E-state index in [4.69, 9.17) is 9.47 Å². The summed E-state index contributed by atoms with van der Waals surface area (Å²) < 4.78 is 98.7. The van der Waals surface area contributed by atoms with Crippen LogP contribution >= 0.6 is 22.7 Å². The van der Waals surface area contributed by atoms with Gasteiger partial charge in [0.05, 0.1) is 19.8 Å². The molecule has 4 aromatic rings. The molecule has 2 aromatic carbocycles. The number of hydrogen-bond donors (Lipinski definition) is 0. The third kappa shape index (κ3) is 5.86. The summed E-state index contributed by atoms with van der Waals surface area (Å²) in [6.45, 7) is 0.620. The number of alkyl halides is 6. The highest BCUT2D eigenvalue weighted by Gasteiger charge is 2.48. The molecule has 0 N–H and O–H groups in total. The maximum absolute atomic E-state index is 15.2. The molecular weight excluding hydrogens is 558 g/mol. The van der Waals surface area contributed by atoms with E-state index in [-0.39, 0.29) is 15.3 Å². The van der Waals surface area contributed by atoms with E-state index in [1.54, 1.807) is 48.5 Å². The fourth-order valence-corrected chi connectivity index (χ4v) is 6.33. The smallest absolute Gasteiger partial charge is 0.417 e. The molecule has 2 nitrogen and oxygen atoms in total. The van der Waals surface area contributed by atoms with E-state index < -0.39 is 35.5 Å². The lowest BCUT2D eigenvalue weighted by Gasteiger charge is -2.24. The van der Waals surface area contributed by atoms with Crippen LogP contribution in [0.1, 0.15) is 20.9 Å². The van der Waals surface area contributed by atoms with Gasteiger partial charge in [-0.3, -0.25) is 0 Å². The summed E-state index contributed by atoms with van der Waals surface area (Å²) in [5.41, 5.74) is -2.44. The largest absolute Gasteiger partial charge is 0.497 e. The summed E-state index contributed by atoms with van der Waals surface area (Å²) in [6.07, 6.45) is -5.19. The summed E-state index contributed by atoms with van der Waals surface area (Å²) in [5, 5.41) is 0. The van der Waals surface area contributed by atoms with E-state index in [9.17, 15) is 17.6 Å². The molecule has 0 aliphatic carbocycles. The van der Waals surface area contributed by atoms with Crippen molar-refractivity contribution in [3.63, 3.8) is 0 Å². The summed E-state index contributed by atoms with van der Waals surface area (Å²) in [4.78, 5) is 1.33. The Morgan fingerprint density at radius 2 is 1.05 bits per heavy atom. The Balaban J connectivity index is 1.95. The van der Waals surface area contributed by atoms with Crippen LogP contribution in [-0.2, 0) is 0 Å². The fourth-order valence-electron chi connectivity index (χ4n) is 4.27. The van der Waals surface area contributed by atoms with Crippen LogP contribution in [0.25, 0.3) is 32.0 Å². The van der Waals surface area contributed by atoms with E-state index in [0.717, 1.165) is 22.7 Å². The first-order valence-electron chi connectivity index (χ1n) is 11.7. The van der Waals surface area contributed by atoms with Crippen molar-refractivity contribution >= 4 is 33.8 Å². The predicted molar refractivity (Wildman–Crippen MR) is 146 cm³/mol. The SMILES string of the molecule is COc1ccc(-c2cc(/C(=C(\c3cc(-c4ccc(OC)cc4)sc3C)C(F)(F)CF)C(F)(F)F)c(C)s2)cc1. The van der Waals surface area contributed by atoms with Gasteiger partial charge in [-0.2, -0.15) is 22.0 Å². The summed E-state index contributed by atoms with van der Waals surface area (Å²) >= 11 is 2.10. The minimum atomic E-state index is -5.19. The summed E-state index contributed by atoms with van der Waals surface area (Å²) in [5.74, 6) is -3.26. The second-order valence-corrected chi connectivity index (χ2v) is 11.2. The fraction of sp³-hybridized carbons (Fsp3) is 0.241. The van der Waals surface area contributed by atoms with E-state index in [2.05, 4.69) is 0 Å². The number of rotatable bonds is 8. The molecular formula is C29H24F6O2S2. The van der Waals surface area contributed by atoms with Gasteiger partial charge < -0.3 is 9.47 Å². The average molecular weight is 583 g/mol. The number of thiophene rings is 2. The lowest BCUT2D eigenvalue weighted by atomic mass is 9.90. The van der Waals surface area contributed by atoms with Gasteiger partial charge in [0.25, 0.3) is 0 Å². The molecule has 0 bridgehead atoms. The van der Waals surface area contributed by atoms with E-state index in [1.807, 2.05) is 0 Å². The number of methoxy groups -OCH3 is 2. The third-order valence-electron chi connectivity index (χ3n) is 6.19. The number of ether oxygens (including phenoxy) is 2. The molecule has 0 aliphatic rings. The zero-order valence-corrected chi connectivity index (χ0v) is 23.0. The first kappa shape index (κ1) is 28.8. The summed E-state index contributed by atoms with van der Waals surface area (Å²) in [6, 6.07) is 15.9. The molecule has 2 heterocycles. The van der Waals surface area contributed by atoms with Gasteiger partial charge in [-0.05, 0) is 91.2 Å². The third-order valence-corrected chi connectivity index (χ3v) is 8.39. The lowest BCUT2D eigenvalue weighted by molar-refractivity contribution is -0.0702. The number of aryl methyl sites for hydroxylation is 2. The first-order valence-corrected chi connectivity index (χ1v) is 13.3. The van der Waals surface area contributed by atoms with Crippen molar-refractivity contribution in [3.8, 4) is 32.4 Å². The average Bonchev–Trinajstić information content (AvgIpc) is 3.48. The molecule has 39 heavy (non-hydrogen) atoms. The summed E-state index contributed by atoms with van der Waals surface area (Å²) in [7, 11) is 2.98. The molecule has 0 aliphatic heterocycles. The molecule has 0 atom stereocenters. The number of benzene rings is 2. The van der Waals surface area contributed by atoms with Crippen molar-refractivity contribution in [2.45, 2.75) is 25.9 Å². The highest BCUT2D eigenvalue weighted by Crippen LogP contribution is 2.51. The Bertz CT molecular complexity index is 1480. The molecule has 0 fully saturated rings. The second-order valence-electron chi connectivity index (χ2n) is 8.70. The minimum absolute atomic E-state index is 0.184. The van der Waals surface area contributed by atoms with Gasteiger partial charge in [0.1, 0.15) is 11.5 Å². The quantitative estimate of drug-likeness (QED) is 0.193. The molecule has 0 radical (unpaired) electrons. The van der Waals surface area contributed by atoms with Crippen LogP contribution in [-0.4, -0.2) is 33.0 Å². The van der Waals surface area contributed by atoms with Crippen LogP contribution in [0.3, 0.4) is 0 Å². The normalized spacial score (nSPS) is 12.9. The monoisotopic (exact) mass is 582 g/mol. The Morgan fingerprint density at radius 1 is 0.667 bits per heavy atom. The van der Waals surface area contributed by atoms with Crippen molar-refractivity contribution in [1.82, 2.24) is 0 Å². The molecule has 0 spiro atoms. The Labute approximate surface area is 230 Å². The van der Waals surface area contributed by atoms with Gasteiger partial charge in [-0.1, -0.05) is 0 Å². The molecule has 206 valence electrons. The van der Waals surface area contributed by atoms with Gasteiger partial charge >= 0.3 is 12.1 Å². The van der Waals surface area contributed by atoms with E-state index in [1.165, 1.54) is 40.2 Å². The van der Waals surface area contributed by atoms with Crippen molar-refractivity contribution in [2.24, 2.45) is 0 Å². The molecule has 0 unspecified atom stereocenters. The van der Waals surface area contributed by atoms with Crippen molar-refractivity contribution in [1.29, 1.82) is 0 Å².